The number of amides is 1. The van der Waals surface area contributed by atoms with Crippen LogP contribution in [-0.4, -0.2) is 42.3 Å². The summed E-state index contributed by atoms with van der Waals surface area (Å²) in [6, 6.07) is 13.5. The number of piperidine rings is 1. The number of likely N-dealkylation sites (tertiary alicyclic amines) is 1. The quantitative estimate of drug-likeness (QED) is 0.453. The molecule has 0 aliphatic carbocycles. The molecule has 3 aromatic heterocycles. The SMILES string of the molecule is O=C(c1ccc(S(=O)(=O)NCc2ccco2)cc1)N1CCC(c2c[nH]c3ncccc23)CC1. The zero-order chi connectivity index (χ0) is 22.8. The van der Waals surface area contributed by atoms with Gasteiger partial charge in [0.2, 0.25) is 10.0 Å². The highest BCUT2D eigenvalue weighted by molar-refractivity contribution is 7.89. The van der Waals surface area contributed by atoms with Crippen LogP contribution < -0.4 is 4.72 Å². The van der Waals surface area contributed by atoms with E-state index in [9.17, 15) is 13.2 Å². The third-order valence-electron chi connectivity index (χ3n) is 6.13. The van der Waals surface area contributed by atoms with Gasteiger partial charge in [-0.3, -0.25) is 4.79 Å². The molecular formula is C24H24N4O4S. The average Bonchev–Trinajstić information content (AvgIpc) is 3.53. The van der Waals surface area contributed by atoms with Crippen molar-refractivity contribution >= 4 is 27.0 Å². The Kier molecular flexibility index (Phi) is 5.74. The van der Waals surface area contributed by atoms with Crippen LogP contribution in [0.4, 0.5) is 0 Å². The van der Waals surface area contributed by atoms with Gasteiger partial charge in [0.25, 0.3) is 5.91 Å². The maximum Gasteiger partial charge on any atom is 0.253 e. The van der Waals surface area contributed by atoms with Gasteiger partial charge in [-0.05, 0) is 72.9 Å². The number of carbonyl (C=O) groups is 1. The minimum atomic E-state index is -3.70. The Labute approximate surface area is 191 Å². The standard InChI is InChI=1S/C24H24N4O4S/c29-24(18-5-7-20(8-6-18)33(30,31)27-15-19-3-2-14-32-19)28-12-9-17(10-13-28)22-16-26-23-21(22)4-1-11-25-23/h1-8,11,14,16-17,27H,9-10,12-13,15H2,(H,25,26). The van der Waals surface area contributed by atoms with Crippen LogP contribution in [0.15, 0.2) is 76.5 Å². The number of aromatic amines is 1. The van der Waals surface area contributed by atoms with Crippen LogP contribution in [0.2, 0.25) is 0 Å². The number of H-pyrrole nitrogens is 1. The normalized spacial score (nSPS) is 15.2. The number of furan rings is 1. The van der Waals surface area contributed by atoms with Crippen LogP contribution >= 0.6 is 0 Å². The number of carbonyl (C=O) groups excluding carboxylic acids is 1. The van der Waals surface area contributed by atoms with Gasteiger partial charge in [-0.15, -0.1) is 0 Å². The van der Waals surface area contributed by atoms with Crippen LogP contribution in [0.3, 0.4) is 0 Å². The maximum absolute atomic E-state index is 13.0. The summed E-state index contributed by atoms with van der Waals surface area (Å²) in [5.74, 6) is 0.818. The first kappa shape index (κ1) is 21.4. The van der Waals surface area contributed by atoms with Crippen LogP contribution in [0, 0.1) is 0 Å². The molecule has 0 radical (unpaired) electrons. The van der Waals surface area contributed by atoms with Crippen LogP contribution in [0.25, 0.3) is 11.0 Å². The third-order valence-corrected chi connectivity index (χ3v) is 7.55. The monoisotopic (exact) mass is 464 g/mol. The molecule has 4 aromatic rings. The van der Waals surface area contributed by atoms with Crippen molar-refractivity contribution in [3.63, 3.8) is 0 Å². The fourth-order valence-electron chi connectivity index (χ4n) is 4.33. The van der Waals surface area contributed by atoms with Crippen molar-refractivity contribution in [2.45, 2.75) is 30.2 Å². The number of hydrogen-bond donors (Lipinski definition) is 2. The molecular weight excluding hydrogens is 440 g/mol. The number of sulfonamides is 1. The van der Waals surface area contributed by atoms with Crippen molar-refractivity contribution in [1.29, 1.82) is 0 Å². The molecule has 170 valence electrons. The molecule has 9 heteroatoms. The molecule has 0 unspecified atom stereocenters. The first-order valence-electron chi connectivity index (χ1n) is 10.8. The average molecular weight is 465 g/mol. The Balaban J connectivity index is 1.21. The van der Waals surface area contributed by atoms with Crippen molar-refractivity contribution in [2.24, 2.45) is 0 Å². The summed E-state index contributed by atoms with van der Waals surface area (Å²) in [7, 11) is -3.70. The number of nitrogens with zero attached hydrogens (tertiary/aromatic N) is 2. The molecule has 2 N–H and O–H groups in total. The molecule has 4 heterocycles. The van der Waals surface area contributed by atoms with Gasteiger partial charge in [0.1, 0.15) is 11.4 Å². The molecule has 1 aromatic carbocycles. The van der Waals surface area contributed by atoms with Gasteiger partial charge in [-0.2, -0.15) is 0 Å². The van der Waals surface area contributed by atoms with Gasteiger partial charge < -0.3 is 14.3 Å². The van der Waals surface area contributed by atoms with E-state index in [-0.39, 0.29) is 17.3 Å². The van der Waals surface area contributed by atoms with Gasteiger partial charge in [-0.25, -0.2) is 18.1 Å². The Hall–Kier alpha value is -3.43. The van der Waals surface area contributed by atoms with E-state index < -0.39 is 10.0 Å². The first-order valence-corrected chi connectivity index (χ1v) is 12.3. The fraction of sp³-hybridized carbons (Fsp3) is 0.250. The largest absolute Gasteiger partial charge is 0.468 e. The second-order valence-electron chi connectivity index (χ2n) is 8.14. The molecule has 0 saturated carbocycles. The molecule has 1 saturated heterocycles. The number of fused-ring (bicyclic) bond motifs is 1. The summed E-state index contributed by atoms with van der Waals surface area (Å²) in [6.07, 6.45) is 7.03. The highest BCUT2D eigenvalue weighted by Gasteiger charge is 2.26. The third kappa shape index (κ3) is 4.42. The zero-order valence-electron chi connectivity index (χ0n) is 17.9. The predicted molar refractivity (Wildman–Crippen MR) is 123 cm³/mol. The van der Waals surface area contributed by atoms with Crippen LogP contribution in [0.5, 0.6) is 0 Å². The molecule has 5 rings (SSSR count). The summed E-state index contributed by atoms with van der Waals surface area (Å²) in [4.78, 5) is 22.5. The van der Waals surface area contributed by atoms with Gasteiger partial charge in [-0.1, -0.05) is 0 Å². The van der Waals surface area contributed by atoms with E-state index >= 15 is 0 Å². The molecule has 1 fully saturated rings. The van der Waals surface area contributed by atoms with Crippen LogP contribution in [0.1, 0.15) is 40.4 Å². The van der Waals surface area contributed by atoms with Gasteiger partial charge in [0, 0.05) is 36.4 Å². The van der Waals surface area contributed by atoms with E-state index in [0.717, 1.165) is 23.9 Å². The van der Waals surface area contributed by atoms with E-state index in [4.69, 9.17) is 4.42 Å². The summed E-state index contributed by atoms with van der Waals surface area (Å²) in [5.41, 5.74) is 2.62. The Morgan fingerprint density at radius 3 is 2.64 bits per heavy atom. The Morgan fingerprint density at radius 2 is 1.91 bits per heavy atom. The second-order valence-corrected chi connectivity index (χ2v) is 9.91. The summed E-state index contributed by atoms with van der Waals surface area (Å²) in [6.45, 7) is 1.37. The van der Waals surface area contributed by atoms with Crippen molar-refractivity contribution in [1.82, 2.24) is 19.6 Å². The van der Waals surface area contributed by atoms with Gasteiger partial charge in [0.15, 0.2) is 0 Å². The molecule has 1 amide bonds. The lowest BCUT2D eigenvalue weighted by atomic mass is 9.89. The van der Waals surface area contributed by atoms with E-state index in [1.807, 2.05) is 17.2 Å². The maximum atomic E-state index is 13.0. The van der Waals surface area contributed by atoms with Gasteiger partial charge >= 0.3 is 0 Å². The van der Waals surface area contributed by atoms with Crippen molar-refractivity contribution in [3.05, 3.63) is 84.1 Å². The topological polar surface area (TPSA) is 108 Å². The molecule has 1 aliphatic rings. The molecule has 1 aliphatic heterocycles. The van der Waals surface area contributed by atoms with Crippen molar-refractivity contribution in [2.75, 3.05) is 13.1 Å². The smallest absolute Gasteiger partial charge is 0.253 e. The minimum Gasteiger partial charge on any atom is -0.468 e. The zero-order valence-corrected chi connectivity index (χ0v) is 18.7. The molecule has 0 bridgehead atoms. The predicted octanol–water partition coefficient (Wildman–Crippen LogP) is 3.65. The van der Waals surface area contributed by atoms with Crippen molar-refractivity contribution < 1.29 is 17.6 Å². The Bertz CT molecular complexity index is 1350. The van der Waals surface area contributed by atoms with Crippen LogP contribution in [-0.2, 0) is 16.6 Å². The number of nitrogens with one attached hydrogen (secondary N) is 2. The first-order chi connectivity index (χ1) is 16.0. The van der Waals surface area contributed by atoms with Gasteiger partial charge in [0.05, 0.1) is 17.7 Å². The fourth-order valence-corrected chi connectivity index (χ4v) is 5.32. The molecule has 0 atom stereocenters. The van der Waals surface area contributed by atoms with E-state index in [0.29, 0.717) is 30.3 Å². The van der Waals surface area contributed by atoms with Crippen molar-refractivity contribution in [3.8, 4) is 0 Å². The number of benzene rings is 1. The Morgan fingerprint density at radius 1 is 1.12 bits per heavy atom. The lowest BCUT2D eigenvalue weighted by Gasteiger charge is -2.32. The highest BCUT2D eigenvalue weighted by atomic mass is 32.2. The number of aromatic nitrogens is 2. The summed E-state index contributed by atoms with van der Waals surface area (Å²) in [5, 5.41) is 1.14. The molecule has 0 spiro atoms. The number of rotatable bonds is 6. The van der Waals surface area contributed by atoms with E-state index in [1.165, 1.54) is 24.0 Å². The molecule has 33 heavy (non-hydrogen) atoms. The minimum absolute atomic E-state index is 0.0669. The second kappa shape index (κ2) is 8.84. The molecule has 8 nitrogen and oxygen atoms in total. The lowest BCUT2D eigenvalue weighted by molar-refractivity contribution is 0.0713. The number of pyridine rings is 1. The lowest BCUT2D eigenvalue weighted by Crippen LogP contribution is -2.37. The summed E-state index contributed by atoms with van der Waals surface area (Å²) >= 11 is 0. The summed E-state index contributed by atoms with van der Waals surface area (Å²) < 4.78 is 32.6. The van der Waals surface area contributed by atoms with E-state index in [1.54, 1.807) is 30.5 Å². The number of hydrogen-bond acceptors (Lipinski definition) is 5. The van der Waals surface area contributed by atoms with E-state index in [2.05, 4.69) is 20.8 Å². The highest BCUT2D eigenvalue weighted by Crippen LogP contribution is 2.33.